The van der Waals surface area contributed by atoms with Gasteiger partial charge in [0.15, 0.2) is 0 Å². The van der Waals surface area contributed by atoms with Gasteiger partial charge in [-0.25, -0.2) is 13.2 Å². The summed E-state index contributed by atoms with van der Waals surface area (Å²) in [6, 6.07) is 8.96. The van der Waals surface area contributed by atoms with Gasteiger partial charge in [-0.15, -0.1) is 0 Å². The second-order valence-electron chi connectivity index (χ2n) is 9.67. The predicted molar refractivity (Wildman–Crippen MR) is 131 cm³/mol. The first kappa shape index (κ1) is 25.8. The molecule has 0 bridgehead atoms. The second-order valence-corrected chi connectivity index (χ2v) is 11.6. The number of rotatable bonds is 5. The highest BCUT2D eigenvalue weighted by Gasteiger charge is 2.44. The fourth-order valence-electron chi connectivity index (χ4n) is 5.10. The van der Waals surface area contributed by atoms with E-state index in [0.717, 1.165) is 18.1 Å². The SMILES string of the molecule is COC(=O)c1cc(C(=O)N2CCC3(CCN(S(=O)(=O)c4cc(C)ccc4C)CC3)C2)cc([N+](=O)[O-])c1. The highest BCUT2D eigenvalue weighted by atomic mass is 32.2. The number of hydrogen-bond acceptors (Lipinski definition) is 7. The van der Waals surface area contributed by atoms with Crippen molar-refractivity contribution in [3.8, 4) is 0 Å². The zero-order chi connectivity index (χ0) is 26.3. The normalized spacial score (nSPS) is 17.8. The summed E-state index contributed by atoms with van der Waals surface area (Å²) in [6.45, 7) is 5.27. The van der Waals surface area contributed by atoms with Gasteiger partial charge in [-0.3, -0.25) is 14.9 Å². The molecule has 2 aromatic rings. The van der Waals surface area contributed by atoms with Crippen molar-refractivity contribution in [3.63, 3.8) is 0 Å². The van der Waals surface area contributed by atoms with Gasteiger partial charge in [0.1, 0.15) is 0 Å². The van der Waals surface area contributed by atoms with Gasteiger partial charge in [0.2, 0.25) is 10.0 Å². The lowest BCUT2D eigenvalue weighted by Gasteiger charge is -2.38. The van der Waals surface area contributed by atoms with Crippen LogP contribution in [-0.2, 0) is 14.8 Å². The number of aryl methyl sites for hydroxylation is 2. The number of sulfonamides is 1. The van der Waals surface area contributed by atoms with Gasteiger partial charge in [-0.2, -0.15) is 4.31 Å². The third-order valence-corrected chi connectivity index (χ3v) is 9.31. The van der Waals surface area contributed by atoms with Crippen molar-refractivity contribution in [1.82, 2.24) is 9.21 Å². The molecule has 0 radical (unpaired) electrons. The zero-order valence-corrected chi connectivity index (χ0v) is 21.3. The Morgan fingerprint density at radius 3 is 2.28 bits per heavy atom. The fourth-order valence-corrected chi connectivity index (χ4v) is 6.85. The van der Waals surface area contributed by atoms with E-state index in [1.807, 2.05) is 19.1 Å². The number of piperidine rings is 1. The molecular weight excluding hydrogens is 486 g/mol. The lowest BCUT2D eigenvalue weighted by Crippen LogP contribution is -2.44. The van der Waals surface area contributed by atoms with Gasteiger partial charge in [-0.05, 0) is 61.8 Å². The van der Waals surface area contributed by atoms with Gasteiger partial charge in [0, 0.05) is 43.9 Å². The van der Waals surface area contributed by atoms with E-state index in [9.17, 15) is 28.1 Å². The molecule has 2 aliphatic rings. The van der Waals surface area contributed by atoms with E-state index in [0.29, 0.717) is 49.5 Å². The van der Waals surface area contributed by atoms with Crippen LogP contribution in [0.2, 0.25) is 0 Å². The Morgan fingerprint density at radius 2 is 1.64 bits per heavy atom. The molecule has 0 N–H and O–H groups in total. The zero-order valence-electron chi connectivity index (χ0n) is 20.5. The smallest absolute Gasteiger partial charge is 0.338 e. The van der Waals surface area contributed by atoms with Crippen LogP contribution in [0.5, 0.6) is 0 Å². The van der Waals surface area contributed by atoms with E-state index < -0.39 is 26.8 Å². The Hall–Kier alpha value is -3.31. The summed E-state index contributed by atoms with van der Waals surface area (Å²) in [6.07, 6.45) is 1.95. The summed E-state index contributed by atoms with van der Waals surface area (Å²) in [5.41, 5.74) is 1.01. The number of non-ortho nitro benzene ring substituents is 1. The Kier molecular flexibility index (Phi) is 6.89. The molecule has 36 heavy (non-hydrogen) atoms. The lowest BCUT2D eigenvalue weighted by atomic mass is 9.78. The molecule has 4 rings (SSSR count). The highest BCUT2D eigenvalue weighted by Crippen LogP contribution is 2.42. The molecule has 1 amide bonds. The first-order chi connectivity index (χ1) is 17.0. The van der Waals surface area contributed by atoms with Crippen molar-refractivity contribution < 1.29 is 27.7 Å². The molecule has 2 aliphatic heterocycles. The van der Waals surface area contributed by atoms with Crippen molar-refractivity contribution >= 4 is 27.6 Å². The van der Waals surface area contributed by atoms with Crippen LogP contribution in [0.4, 0.5) is 5.69 Å². The van der Waals surface area contributed by atoms with Gasteiger partial charge >= 0.3 is 5.97 Å². The minimum absolute atomic E-state index is 0.0524. The number of nitro benzene ring substituents is 1. The third kappa shape index (κ3) is 4.85. The summed E-state index contributed by atoms with van der Waals surface area (Å²) >= 11 is 0. The van der Waals surface area contributed by atoms with Gasteiger partial charge in [0.25, 0.3) is 11.6 Å². The third-order valence-electron chi connectivity index (χ3n) is 7.27. The number of amides is 1. The van der Waals surface area contributed by atoms with Crippen LogP contribution in [0.3, 0.4) is 0 Å². The van der Waals surface area contributed by atoms with Crippen LogP contribution in [-0.4, -0.2) is 67.7 Å². The molecule has 0 atom stereocenters. The van der Waals surface area contributed by atoms with Crippen LogP contribution in [0.15, 0.2) is 41.3 Å². The molecule has 0 unspecified atom stereocenters. The number of benzene rings is 2. The number of nitro groups is 1. The van der Waals surface area contributed by atoms with Crippen molar-refractivity contribution in [2.75, 3.05) is 33.3 Å². The van der Waals surface area contributed by atoms with Gasteiger partial charge in [-0.1, -0.05) is 12.1 Å². The number of esters is 1. The molecule has 10 nitrogen and oxygen atoms in total. The molecular formula is C25H29N3O7S. The van der Waals surface area contributed by atoms with Crippen molar-refractivity contribution in [1.29, 1.82) is 0 Å². The Morgan fingerprint density at radius 1 is 1.00 bits per heavy atom. The predicted octanol–water partition coefficient (Wildman–Crippen LogP) is 3.32. The Balaban J connectivity index is 1.48. The van der Waals surface area contributed by atoms with E-state index in [4.69, 9.17) is 0 Å². The number of ether oxygens (including phenoxy) is 1. The second kappa shape index (κ2) is 9.62. The number of hydrogen-bond donors (Lipinski definition) is 0. The maximum atomic E-state index is 13.3. The lowest BCUT2D eigenvalue weighted by molar-refractivity contribution is -0.384. The number of carbonyl (C=O) groups excluding carboxylic acids is 2. The Labute approximate surface area is 210 Å². The van der Waals surface area contributed by atoms with Crippen LogP contribution >= 0.6 is 0 Å². The monoisotopic (exact) mass is 515 g/mol. The van der Waals surface area contributed by atoms with Gasteiger partial charge < -0.3 is 9.64 Å². The van der Waals surface area contributed by atoms with E-state index in [-0.39, 0.29) is 22.2 Å². The molecule has 192 valence electrons. The van der Waals surface area contributed by atoms with E-state index in [2.05, 4.69) is 4.74 Å². The summed E-state index contributed by atoms with van der Waals surface area (Å²) in [5, 5.41) is 11.3. The number of carbonyl (C=O) groups is 2. The van der Waals surface area contributed by atoms with Crippen LogP contribution < -0.4 is 0 Å². The molecule has 0 aromatic heterocycles. The first-order valence-electron chi connectivity index (χ1n) is 11.7. The molecule has 1 spiro atoms. The molecule has 2 fully saturated rings. The summed E-state index contributed by atoms with van der Waals surface area (Å²) < 4.78 is 32.8. The minimum Gasteiger partial charge on any atom is -0.465 e. The van der Waals surface area contributed by atoms with E-state index in [1.54, 1.807) is 17.9 Å². The summed E-state index contributed by atoms with van der Waals surface area (Å²) in [4.78, 5) is 37.8. The molecule has 2 saturated heterocycles. The highest BCUT2D eigenvalue weighted by molar-refractivity contribution is 7.89. The van der Waals surface area contributed by atoms with Gasteiger partial charge in [0.05, 0.1) is 22.5 Å². The molecule has 2 heterocycles. The fraction of sp³-hybridized carbons (Fsp3) is 0.440. The van der Waals surface area contributed by atoms with Crippen molar-refractivity contribution in [2.24, 2.45) is 5.41 Å². The van der Waals surface area contributed by atoms with E-state index >= 15 is 0 Å². The molecule has 11 heteroatoms. The molecule has 2 aromatic carbocycles. The van der Waals surface area contributed by atoms with Crippen LogP contribution in [0, 0.1) is 29.4 Å². The van der Waals surface area contributed by atoms with E-state index in [1.165, 1.54) is 23.5 Å². The quantitative estimate of drug-likeness (QED) is 0.340. The number of methoxy groups -OCH3 is 1. The van der Waals surface area contributed by atoms with Crippen molar-refractivity contribution in [3.05, 3.63) is 68.8 Å². The van der Waals surface area contributed by atoms with Crippen LogP contribution in [0.1, 0.15) is 51.1 Å². The van der Waals surface area contributed by atoms with Crippen LogP contribution in [0.25, 0.3) is 0 Å². The Bertz CT molecular complexity index is 1330. The molecule has 0 aliphatic carbocycles. The first-order valence-corrected chi connectivity index (χ1v) is 13.1. The largest absolute Gasteiger partial charge is 0.465 e. The number of nitrogens with zero attached hydrogens (tertiary/aromatic N) is 3. The minimum atomic E-state index is -3.62. The summed E-state index contributed by atoms with van der Waals surface area (Å²) in [7, 11) is -2.45. The summed E-state index contributed by atoms with van der Waals surface area (Å²) in [5.74, 6) is -1.16. The average Bonchev–Trinajstić information content (AvgIpc) is 3.27. The number of likely N-dealkylation sites (tertiary alicyclic amines) is 1. The average molecular weight is 516 g/mol. The van der Waals surface area contributed by atoms with Crippen molar-refractivity contribution in [2.45, 2.75) is 38.0 Å². The maximum absolute atomic E-state index is 13.3. The topological polar surface area (TPSA) is 127 Å². The standard InChI is InChI=1S/C25H29N3O7S/c1-17-4-5-18(2)22(12-17)36(33,34)27-10-7-25(8-11-27)6-9-26(16-25)23(29)19-13-20(24(30)35-3)15-21(14-19)28(31)32/h4-5,12-15H,6-11,16H2,1-3H3. The molecule has 0 saturated carbocycles. The maximum Gasteiger partial charge on any atom is 0.338 e.